The highest BCUT2D eigenvalue weighted by atomic mass is 16.6. The minimum Gasteiger partial charge on any atom is -0.459 e. The van der Waals surface area contributed by atoms with E-state index in [-0.39, 0.29) is 11.8 Å². The van der Waals surface area contributed by atoms with E-state index in [4.69, 9.17) is 4.74 Å². The van der Waals surface area contributed by atoms with Crippen LogP contribution in [-0.2, 0) is 9.53 Å². The van der Waals surface area contributed by atoms with Crippen LogP contribution in [0.3, 0.4) is 0 Å². The molecule has 0 saturated heterocycles. The van der Waals surface area contributed by atoms with Gasteiger partial charge in [0, 0.05) is 17.8 Å². The van der Waals surface area contributed by atoms with Crippen LogP contribution >= 0.6 is 0 Å². The summed E-state index contributed by atoms with van der Waals surface area (Å²) in [4.78, 5) is 35.3. The van der Waals surface area contributed by atoms with Crippen molar-refractivity contribution in [3.05, 3.63) is 51.2 Å². The molecule has 1 aliphatic heterocycles. The van der Waals surface area contributed by atoms with Gasteiger partial charge in [-0.3, -0.25) is 10.1 Å². The second kappa shape index (κ2) is 8.00. The summed E-state index contributed by atoms with van der Waals surface area (Å²) < 4.78 is 5.77. The summed E-state index contributed by atoms with van der Waals surface area (Å²) >= 11 is 0. The van der Waals surface area contributed by atoms with Crippen LogP contribution in [0.15, 0.2) is 35.5 Å². The number of nitrogens with zero attached hydrogens (tertiary/aromatic N) is 1. The first kappa shape index (κ1) is 19.9. The van der Waals surface area contributed by atoms with Crippen LogP contribution in [0.2, 0.25) is 0 Å². The highest BCUT2D eigenvalue weighted by Crippen LogP contribution is 2.33. The minimum atomic E-state index is -0.720. The molecule has 1 heterocycles. The largest absolute Gasteiger partial charge is 0.459 e. The molecule has 4 atom stereocenters. The standard InChI is InChI=1S/C20H25N3O5/c1-11-4-9-16(10-12(11)2)28-19(24)17-13(3)21-20(25)22-18(17)14-5-7-15(8-6-14)23(26)27/h5-8,11-12,16,18H,4,9-10H2,1-3H3,(H2,21,22,25). The van der Waals surface area contributed by atoms with E-state index in [1.54, 1.807) is 19.1 Å². The number of rotatable bonds is 4. The molecule has 2 N–H and O–H groups in total. The molecule has 0 aromatic heterocycles. The zero-order valence-corrected chi connectivity index (χ0v) is 16.2. The molecule has 1 fully saturated rings. The molecular weight excluding hydrogens is 362 g/mol. The number of hydrogen-bond donors (Lipinski definition) is 2. The van der Waals surface area contributed by atoms with E-state index < -0.39 is 23.0 Å². The van der Waals surface area contributed by atoms with Crippen LogP contribution in [-0.4, -0.2) is 23.0 Å². The smallest absolute Gasteiger partial charge is 0.338 e. The van der Waals surface area contributed by atoms with Crippen molar-refractivity contribution >= 4 is 17.7 Å². The molecule has 0 bridgehead atoms. The fraction of sp³-hybridized carbons (Fsp3) is 0.500. The Labute approximate surface area is 163 Å². The van der Waals surface area contributed by atoms with Gasteiger partial charge in [0.1, 0.15) is 6.10 Å². The number of nitro groups is 1. The molecule has 28 heavy (non-hydrogen) atoms. The van der Waals surface area contributed by atoms with E-state index in [1.165, 1.54) is 12.1 Å². The number of nitro benzene ring substituents is 1. The Morgan fingerprint density at radius 3 is 2.46 bits per heavy atom. The lowest BCUT2D eigenvalue weighted by atomic mass is 9.80. The number of nitrogens with one attached hydrogen (secondary N) is 2. The zero-order chi connectivity index (χ0) is 20.4. The number of amides is 2. The molecule has 150 valence electrons. The summed E-state index contributed by atoms with van der Waals surface area (Å²) in [5, 5.41) is 16.2. The Kier molecular flexibility index (Phi) is 5.67. The first-order valence-corrected chi connectivity index (χ1v) is 9.50. The number of allylic oxidation sites excluding steroid dienone is 1. The van der Waals surface area contributed by atoms with Gasteiger partial charge in [0.15, 0.2) is 0 Å². The molecule has 1 aromatic carbocycles. The Hall–Kier alpha value is -2.90. The lowest BCUT2D eigenvalue weighted by Crippen LogP contribution is -2.45. The van der Waals surface area contributed by atoms with E-state index in [9.17, 15) is 19.7 Å². The number of carbonyl (C=O) groups excluding carboxylic acids is 2. The molecule has 1 aromatic rings. The number of ether oxygens (including phenoxy) is 1. The summed E-state index contributed by atoms with van der Waals surface area (Å²) in [7, 11) is 0. The first-order valence-electron chi connectivity index (χ1n) is 9.50. The monoisotopic (exact) mass is 387 g/mol. The summed E-state index contributed by atoms with van der Waals surface area (Å²) in [5.41, 5.74) is 1.27. The first-order chi connectivity index (χ1) is 13.3. The summed E-state index contributed by atoms with van der Waals surface area (Å²) in [5.74, 6) is 0.621. The molecule has 0 spiro atoms. The predicted molar refractivity (Wildman–Crippen MR) is 102 cm³/mol. The Bertz CT molecular complexity index is 818. The molecule has 8 nitrogen and oxygen atoms in total. The molecule has 2 amide bonds. The lowest BCUT2D eigenvalue weighted by Gasteiger charge is -2.33. The quantitative estimate of drug-likeness (QED) is 0.466. The van der Waals surface area contributed by atoms with Gasteiger partial charge in [-0.2, -0.15) is 0 Å². The van der Waals surface area contributed by atoms with Crippen LogP contribution in [0.1, 0.15) is 51.6 Å². The van der Waals surface area contributed by atoms with Crippen LogP contribution < -0.4 is 10.6 Å². The Morgan fingerprint density at radius 2 is 1.86 bits per heavy atom. The van der Waals surface area contributed by atoms with Gasteiger partial charge in [0.25, 0.3) is 5.69 Å². The zero-order valence-electron chi connectivity index (χ0n) is 16.2. The van der Waals surface area contributed by atoms with Crippen molar-refractivity contribution in [2.24, 2.45) is 11.8 Å². The van der Waals surface area contributed by atoms with Crippen molar-refractivity contribution in [2.75, 3.05) is 0 Å². The van der Waals surface area contributed by atoms with Gasteiger partial charge in [-0.1, -0.05) is 13.8 Å². The maximum Gasteiger partial charge on any atom is 0.338 e. The summed E-state index contributed by atoms with van der Waals surface area (Å²) in [6.07, 6.45) is 2.51. The lowest BCUT2D eigenvalue weighted by molar-refractivity contribution is -0.384. The summed E-state index contributed by atoms with van der Waals surface area (Å²) in [6, 6.07) is 4.64. The second-order valence-electron chi connectivity index (χ2n) is 7.71. The number of non-ortho nitro benzene ring substituents is 1. The van der Waals surface area contributed by atoms with Crippen LogP contribution in [0, 0.1) is 22.0 Å². The van der Waals surface area contributed by atoms with E-state index in [1.807, 2.05) is 0 Å². The fourth-order valence-corrected chi connectivity index (χ4v) is 3.82. The van der Waals surface area contributed by atoms with Gasteiger partial charge in [-0.05, 0) is 55.7 Å². The number of benzene rings is 1. The van der Waals surface area contributed by atoms with Gasteiger partial charge in [-0.25, -0.2) is 9.59 Å². The maximum atomic E-state index is 13.0. The molecule has 8 heteroatoms. The number of carbonyl (C=O) groups is 2. The van der Waals surface area contributed by atoms with Crippen LogP contribution in [0.25, 0.3) is 0 Å². The third-order valence-corrected chi connectivity index (χ3v) is 5.75. The molecule has 2 aliphatic rings. The predicted octanol–water partition coefficient (Wildman–Crippen LogP) is 3.59. The second-order valence-corrected chi connectivity index (χ2v) is 7.71. The van der Waals surface area contributed by atoms with Crippen molar-refractivity contribution in [1.82, 2.24) is 10.6 Å². The molecule has 1 saturated carbocycles. The molecule has 1 aliphatic carbocycles. The van der Waals surface area contributed by atoms with E-state index in [2.05, 4.69) is 24.5 Å². The fourth-order valence-electron chi connectivity index (χ4n) is 3.82. The third kappa shape index (κ3) is 4.16. The molecule has 4 unspecified atom stereocenters. The topological polar surface area (TPSA) is 111 Å². The number of urea groups is 1. The van der Waals surface area contributed by atoms with Gasteiger partial charge >= 0.3 is 12.0 Å². The van der Waals surface area contributed by atoms with Crippen LogP contribution in [0.5, 0.6) is 0 Å². The Morgan fingerprint density at radius 1 is 1.18 bits per heavy atom. The molecule has 0 radical (unpaired) electrons. The Balaban J connectivity index is 1.83. The summed E-state index contributed by atoms with van der Waals surface area (Å²) in [6.45, 7) is 6.02. The maximum absolute atomic E-state index is 13.0. The highest BCUT2D eigenvalue weighted by molar-refractivity contribution is 5.95. The SMILES string of the molecule is CC1=C(C(=O)OC2CCC(C)C(C)C2)C(c2ccc([N+](=O)[O-])cc2)NC(=O)N1. The highest BCUT2D eigenvalue weighted by Gasteiger charge is 2.35. The van der Waals surface area contributed by atoms with Gasteiger partial charge in [-0.15, -0.1) is 0 Å². The van der Waals surface area contributed by atoms with Gasteiger partial charge in [0.2, 0.25) is 0 Å². The molecule has 3 rings (SSSR count). The van der Waals surface area contributed by atoms with Gasteiger partial charge in [0.05, 0.1) is 16.5 Å². The number of esters is 1. The van der Waals surface area contributed by atoms with Crippen molar-refractivity contribution in [3.63, 3.8) is 0 Å². The van der Waals surface area contributed by atoms with Crippen molar-refractivity contribution in [3.8, 4) is 0 Å². The normalized spacial score (nSPS) is 27.6. The van der Waals surface area contributed by atoms with E-state index in [0.717, 1.165) is 19.3 Å². The molecular formula is C20H25N3O5. The van der Waals surface area contributed by atoms with E-state index >= 15 is 0 Å². The number of hydrogen-bond acceptors (Lipinski definition) is 5. The average Bonchev–Trinajstić information content (AvgIpc) is 2.64. The van der Waals surface area contributed by atoms with Crippen molar-refractivity contribution < 1.29 is 19.2 Å². The van der Waals surface area contributed by atoms with E-state index in [0.29, 0.717) is 28.7 Å². The minimum absolute atomic E-state index is 0.0563. The third-order valence-electron chi connectivity index (χ3n) is 5.75. The van der Waals surface area contributed by atoms with Crippen molar-refractivity contribution in [2.45, 2.75) is 52.2 Å². The average molecular weight is 387 g/mol. The van der Waals surface area contributed by atoms with Crippen LogP contribution in [0.4, 0.5) is 10.5 Å². The van der Waals surface area contributed by atoms with Crippen molar-refractivity contribution in [1.29, 1.82) is 0 Å². The van der Waals surface area contributed by atoms with Gasteiger partial charge < -0.3 is 15.4 Å².